The number of aromatic hydroxyl groups is 1. The van der Waals surface area contributed by atoms with Crippen LogP contribution in [0.5, 0.6) is 5.75 Å². The highest BCUT2D eigenvalue weighted by Gasteiger charge is 2.60. The predicted molar refractivity (Wildman–Crippen MR) is 112 cm³/mol. The number of nitrogens with zero attached hydrogens (tertiary/aromatic N) is 2. The quantitative estimate of drug-likeness (QED) is 0.646. The summed E-state index contributed by atoms with van der Waals surface area (Å²) in [4.78, 5) is 33.8. The van der Waals surface area contributed by atoms with Gasteiger partial charge in [0.05, 0.1) is 17.4 Å². The van der Waals surface area contributed by atoms with E-state index in [0.29, 0.717) is 10.7 Å². The summed E-state index contributed by atoms with van der Waals surface area (Å²) in [5.74, 6) is -1.38. The largest absolute Gasteiger partial charge is 0.508 e. The highest BCUT2D eigenvalue weighted by molar-refractivity contribution is 6.31. The number of phenols is 1. The van der Waals surface area contributed by atoms with Crippen molar-refractivity contribution in [1.82, 2.24) is 0 Å². The number of hydrogen-bond acceptors (Lipinski definition) is 5. The number of phenolic OH excluding ortho intramolecular Hbond substituents is 1. The van der Waals surface area contributed by atoms with Crippen LogP contribution < -0.4 is 9.96 Å². The number of hydroxylamine groups is 1. The number of imide groups is 1. The highest BCUT2D eigenvalue weighted by Crippen LogP contribution is 2.47. The van der Waals surface area contributed by atoms with Gasteiger partial charge in [-0.15, -0.1) is 0 Å². The van der Waals surface area contributed by atoms with Crippen LogP contribution in [0.25, 0.3) is 0 Å². The second-order valence-corrected chi connectivity index (χ2v) is 7.68. The van der Waals surface area contributed by atoms with Gasteiger partial charge in [0.1, 0.15) is 11.7 Å². The normalized spacial score (nSPS) is 23.2. The number of para-hydroxylation sites is 1. The smallest absolute Gasteiger partial charge is 0.266 e. The van der Waals surface area contributed by atoms with Gasteiger partial charge in [0.15, 0.2) is 6.10 Å². The van der Waals surface area contributed by atoms with Gasteiger partial charge in [0, 0.05) is 5.02 Å². The maximum absolute atomic E-state index is 13.4. The van der Waals surface area contributed by atoms with E-state index in [4.69, 9.17) is 16.4 Å². The molecule has 30 heavy (non-hydrogen) atoms. The zero-order valence-electron chi connectivity index (χ0n) is 15.7. The van der Waals surface area contributed by atoms with Crippen molar-refractivity contribution in [3.05, 3.63) is 89.4 Å². The number of amides is 2. The van der Waals surface area contributed by atoms with Gasteiger partial charge in [-0.1, -0.05) is 48.0 Å². The van der Waals surface area contributed by atoms with E-state index in [-0.39, 0.29) is 11.7 Å². The van der Waals surface area contributed by atoms with Crippen LogP contribution in [0.15, 0.2) is 78.9 Å². The molecule has 2 aliphatic rings. The Bertz CT molecular complexity index is 1120. The van der Waals surface area contributed by atoms with Gasteiger partial charge < -0.3 is 5.11 Å². The van der Waals surface area contributed by atoms with Gasteiger partial charge >= 0.3 is 0 Å². The zero-order valence-corrected chi connectivity index (χ0v) is 16.4. The number of benzene rings is 3. The molecule has 0 radical (unpaired) electrons. The SMILES string of the molecule is O=C1[C@@H]2[C@@H](c3ccc(O)cc3)N(c3ccccc3)O[C@H]2C(=O)N1c1cccc(Cl)c1. The highest BCUT2D eigenvalue weighted by atomic mass is 35.5. The summed E-state index contributed by atoms with van der Waals surface area (Å²) in [6.07, 6.45) is -0.949. The molecule has 5 rings (SSSR count). The summed E-state index contributed by atoms with van der Waals surface area (Å²) >= 11 is 6.07. The van der Waals surface area contributed by atoms with Crippen LogP contribution in [0.2, 0.25) is 5.02 Å². The molecule has 1 N–H and O–H groups in total. The molecule has 2 heterocycles. The van der Waals surface area contributed by atoms with E-state index < -0.39 is 24.0 Å². The van der Waals surface area contributed by atoms with Crippen molar-refractivity contribution < 1.29 is 19.5 Å². The predicted octanol–water partition coefficient (Wildman–Crippen LogP) is 4.10. The number of anilines is 2. The van der Waals surface area contributed by atoms with E-state index in [2.05, 4.69) is 0 Å². The number of rotatable bonds is 3. The average molecular weight is 421 g/mol. The Morgan fingerprint density at radius 1 is 0.833 bits per heavy atom. The molecule has 150 valence electrons. The van der Waals surface area contributed by atoms with Crippen molar-refractivity contribution in [1.29, 1.82) is 0 Å². The van der Waals surface area contributed by atoms with Gasteiger partial charge in [-0.3, -0.25) is 14.4 Å². The Kier molecular flexibility index (Phi) is 4.46. The summed E-state index contributed by atoms with van der Waals surface area (Å²) in [5, 5.41) is 11.7. The van der Waals surface area contributed by atoms with E-state index >= 15 is 0 Å². The van der Waals surface area contributed by atoms with Crippen LogP contribution in [0.4, 0.5) is 11.4 Å². The summed E-state index contributed by atoms with van der Waals surface area (Å²) in [6.45, 7) is 0. The third kappa shape index (κ3) is 2.93. The first kappa shape index (κ1) is 18.7. The molecule has 0 aromatic heterocycles. The molecule has 3 atom stereocenters. The van der Waals surface area contributed by atoms with Gasteiger partial charge in [0.25, 0.3) is 5.91 Å². The van der Waals surface area contributed by atoms with Gasteiger partial charge in [-0.05, 0) is 48.0 Å². The van der Waals surface area contributed by atoms with Crippen molar-refractivity contribution in [2.45, 2.75) is 12.1 Å². The summed E-state index contributed by atoms with van der Waals surface area (Å²) < 4.78 is 0. The minimum absolute atomic E-state index is 0.120. The first-order valence-corrected chi connectivity index (χ1v) is 9.86. The third-order valence-corrected chi connectivity index (χ3v) is 5.66. The molecule has 2 amide bonds. The second kappa shape index (κ2) is 7.16. The monoisotopic (exact) mass is 420 g/mol. The number of carbonyl (C=O) groups excluding carboxylic acids is 2. The Morgan fingerprint density at radius 3 is 2.23 bits per heavy atom. The summed E-state index contributed by atoms with van der Waals surface area (Å²) in [5.41, 5.74) is 1.92. The number of carbonyl (C=O) groups is 2. The number of halogens is 1. The Labute approximate surface area is 177 Å². The topological polar surface area (TPSA) is 70.1 Å². The molecule has 0 aliphatic carbocycles. The van der Waals surface area contributed by atoms with Crippen LogP contribution in [0.3, 0.4) is 0 Å². The molecule has 3 aromatic carbocycles. The van der Waals surface area contributed by atoms with E-state index in [1.807, 2.05) is 30.3 Å². The van der Waals surface area contributed by atoms with E-state index in [0.717, 1.165) is 16.2 Å². The Morgan fingerprint density at radius 2 is 1.53 bits per heavy atom. The van der Waals surface area contributed by atoms with Gasteiger partial charge in [0.2, 0.25) is 5.91 Å². The molecule has 7 heteroatoms. The number of hydrogen-bond donors (Lipinski definition) is 1. The molecule has 0 spiro atoms. The van der Waals surface area contributed by atoms with Crippen LogP contribution >= 0.6 is 11.6 Å². The zero-order chi connectivity index (χ0) is 20.8. The van der Waals surface area contributed by atoms with Crippen molar-refractivity contribution >= 4 is 34.8 Å². The van der Waals surface area contributed by atoms with Crippen molar-refractivity contribution in [3.8, 4) is 5.75 Å². The van der Waals surface area contributed by atoms with Crippen LogP contribution in [-0.4, -0.2) is 23.0 Å². The van der Waals surface area contributed by atoms with Crippen molar-refractivity contribution in [2.24, 2.45) is 5.92 Å². The lowest BCUT2D eigenvalue weighted by molar-refractivity contribution is -0.126. The number of fused-ring (bicyclic) bond motifs is 1. The molecule has 2 aliphatic heterocycles. The van der Waals surface area contributed by atoms with Crippen LogP contribution in [-0.2, 0) is 14.4 Å². The van der Waals surface area contributed by atoms with Gasteiger partial charge in [-0.25, -0.2) is 9.96 Å². The standard InChI is InChI=1S/C23H17ClN2O4/c24-15-5-4-8-17(13-15)25-22(28)19-20(14-9-11-18(27)12-10-14)26(30-21(19)23(25)29)16-6-2-1-3-7-16/h1-13,19-21,27H/t19-,20-,21-/m1/s1. The van der Waals surface area contributed by atoms with Crippen LogP contribution in [0.1, 0.15) is 11.6 Å². The molecule has 3 aromatic rings. The summed E-state index contributed by atoms with van der Waals surface area (Å²) in [7, 11) is 0. The summed E-state index contributed by atoms with van der Waals surface area (Å²) in [6, 6.07) is 22.0. The molecule has 0 saturated carbocycles. The fourth-order valence-electron chi connectivity index (χ4n) is 4.09. The molecule has 6 nitrogen and oxygen atoms in total. The lowest BCUT2D eigenvalue weighted by Crippen LogP contribution is -2.37. The van der Waals surface area contributed by atoms with Gasteiger partial charge in [-0.2, -0.15) is 0 Å². The van der Waals surface area contributed by atoms with E-state index in [1.54, 1.807) is 53.6 Å². The first-order chi connectivity index (χ1) is 14.5. The third-order valence-electron chi connectivity index (χ3n) is 5.43. The van der Waals surface area contributed by atoms with E-state index in [9.17, 15) is 14.7 Å². The lowest BCUT2D eigenvalue weighted by Gasteiger charge is -2.28. The molecule has 2 saturated heterocycles. The minimum atomic E-state index is -0.949. The van der Waals surface area contributed by atoms with Crippen molar-refractivity contribution in [3.63, 3.8) is 0 Å². The minimum Gasteiger partial charge on any atom is -0.508 e. The second-order valence-electron chi connectivity index (χ2n) is 7.24. The maximum Gasteiger partial charge on any atom is 0.266 e. The van der Waals surface area contributed by atoms with Crippen molar-refractivity contribution in [2.75, 3.05) is 9.96 Å². The molecule has 2 fully saturated rings. The fourth-order valence-corrected chi connectivity index (χ4v) is 4.28. The average Bonchev–Trinajstić information content (AvgIpc) is 3.26. The molecular formula is C23H17ClN2O4. The fraction of sp³-hybridized carbons (Fsp3) is 0.130. The molecule has 0 unspecified atom stereocenters. The Balaban J connectivity index is 1.59. The Hall–Kier alpha value is -3.35. The van der Waals surface area contributed by atoms with E-state index in [1.165, 1.54) is 0 Å². The lowest BCUT2D eigenvalue weighted by atomic mass is 9.90. The first-order valence-electron chi connectivity index (χ1n) is 9.48. The molecule has 0 bridgehead atoms. The van der Waals surface area contributed by atoms with Crippen LogP contribution in [0, 0.1) is 5.92 Å². The maximum atomic E-state index is 13.4. The molecular weight excluding hydrogens is 404 g/mol.